The number of methoxy groups -OCH3 is 2. The highest BCUT2D eigenvalue weighted by Gasteiger charge is 2.39. The minimum absolute atomic E-state index is 0.130. The van der Waals surface area contributed by atoms with Crippen molar-refractivity contribution in [2.24, 2.45) is 0 Å². The van der Waals surface area contributed by atoms with Crippen molar-refractivity contribution in [1.29, 1.82) is 0 Å². The van der Waals surface area contributed by atoms with Gasteiger partial charge >= 0.3 is 29.8 Å². The van der Waals surface area contributed by atoms with E-state index in [0.29, 0.717) is 0 Å². The molecule has 2 atom stereocenters. The van der Waals surface area contributed by atoms with Gasteiger partial charge in [-0.25, -0.2) is 14.4 Å². The summed E-state index contributed by atoms with van der Waals surface area (Å²) in [6.07, 6.45) is -4.21. The smallest absolute Gasteiger partial charge is 0.349 e. The van der Waals surface area contributed by atoms with Crippen LogP contribution >= 0.6 is 0 Å². The van der Waals surface area contributed by atoms with Gasteiger partial charge in [-0.1, -0.05) is 0 Å². The summed E-state index contributed by atoms with van der Waals surface area (Å²) in [6, 6.07) is 3.40. The second-order valence-electron chi connectivity index (χ2n) is 5.67. The number of carbonyl (C=O) groups is 6. The number of benzene rings is 1. The molecular weight excluding hydrogens is 406 g/mol. The lowest BCUT2D eigenvalue weighted by molar-refractivity contribution is -0.179. The van der Waals surface area contributed by atoms with Crippen LogP contribution in [0.25, 0.3) is 0 Å². The highest BCUT2D eigenvalue weighted by molar-refractivity contribution is 6.02. The Balaban J connectivity index is 3.34. The van der Waals surface area contributed by atoms with E-state index in [-0.39, 0.29) is 16.8 Å². The van der Waals surface area contributed by atoms with Crippen molar-refractivity contribution in [3.63, 3.8) is 0 Å². The molecule has 0 saturated carbocycles. The maximum absolute atomic E-state index is 12.6. The molecule has 0 aliphatic rings. The molecule has 0 aromatic heterocycles. The van der Waals surface area contributed by atoms with E-state index < -0.39 is 48.0 Å². The van der Waals surface area contributed by atoms with Crippen molar-refractivity contribution >= 4 is 41.4 Å². The molecule has 30 heavy (non-hydrogen) atoms. The molecule has 1 aromatic rings. The summed E-state index contributed by atoms with van der Waals surface area (Å²) in [5, 5.41) is 11.5. The quantitative estimate of drug-likeness (QED) is 0.429. The summed E-state index contributed by atoms with van der Waals surface area (Å²) in [4.78, 5) is 70.2. The molecule has 1 amide bonds. The molecule has 1 rings (SSSR count). The average molecular weight is 425 g/mol. The van der Waals surface area contributed by atoms with Crippen LogP contribution in [0.4, 0.5) is 5.69 Å². The number of esters is 4. The molecule has 1 aromatic carbocycles. The summed E-state index contributed by atoms with van der Waals surface area (Å²) in [5.41, 5.74) is -0.406. The van der Waals surface area contributed by atoms with Crippen molar-refractivity contribution in [2.45, 2.75) is 26.1 Å². The Morgan fingerprint density at radius 2 is 1.23 bits per heavy atom. The molecule has 12 heteroatoms. The fourth-order valence-electron chi connectivity index (χ4n) is 2.24. The lowest BCUT2D eigenvalue weighted by Gasteiger charge is -2.22. The van der Waals surface area contributed by atoms with Crippen molar-refractivity contribution in [3.05, 3.63) is 29.3 Å². The van der Waals surface area contributed by atoms with Gasteiger partial charge in [-0.05, 0) is 18.2 Å². The van der Waals surface area contributed by atoms with Gasteiger partial charge in [-0.15, -0.1) is 0 Å². The van der Waals surface area contributed by atoms with Gasteiger partial charge < -0.3 is 29.4 Å². The summed E-state index contributed by atoms with van der Waals surface area (Å²) >= 11 is 0. The van der Waals surface area contributed by atoms with Crippen LogP contribution < -0.4 is 5.32 Å². The Bertz CT molecular complexity index is 843. The fraction of sp³-hybridized carbons (Fsp3) is 0.333. The zero-order chi connectivity index (χ0) is 23.0. The van der Waals surface area contributed by atoms with Gasteiger partial charge in [0.2, 0.25) is 12.2 Å². The molecule has 0 unspecified atom stereocenters. The summed E-state index contributed by atoms with van der Waals surface area (Å²) in [5.74, 6) is -6.67. The number of nitrogens with one attached hydrogen (secondary N) is 1. The molecule has 162 valence electrons. The zero-order valence-corrected chi connectivity index (χ0v) is 16.4. The number of rotatable bonds is 8. The Kier molecular flexibility index (Phi) is 8.47. The lowest BCUT2D eigenvalue weighted by Crippen LogP contribution is -2.47. The Labute approximate surface area is 170 Å². The van der Waals surface area contributed by atoms with E-state index in [1.165, 1.54) is 0 Å². The van der Waals surface area contributed by atoms with Gasteiger partial charge in [0.25, 0.3) is 5.91 Å². The molecule has 0 fully saturated rings. The first-order valence-corrected chi connectivity index (χ1v) is 8.20. The molecule has 0 heterocycles. The molecular formula is C18H19NO11. The predicted molar refractivity (Wildman–Crippen MR) is 96.5 cm³/mol. The molecule has 0 radical (unpaired) electrons. The Morgan fingerprint density at radius 1 is 0.800 bits per heavy atom. The minimum Gasteiger partial charge on any atom is -0.478 e. The molecule has 12 nitrogen and oxygen atoms in total. The van der Waals surface area contributed by atoms with Crippen LogP contribution in [0.1, 0.15) is 34.6 Å². The maximum atomic E-state index is 12.6. The monoisotopic (exact) mass is 425 g/mol. The maximum Gasteiger partial charge on any atom is 0.349 e. The van der Waals surface area contributed by atoms with E-state index >= 15 is 0 Å². The van der Waals surface area contributed by atoms with Crippen molar-refractivity contribution in [3.8, 4) is 0 Å². The molecule has 0 saturated heterocycles. The number of anilines is 1. The van der Waals surface area contributed by atoms with Crippen LogP contribution in [-0.4, -0.2) is 67.3 Å². The van der Waals surface area contributed by atoms with Gasteiger partial charge in [0.15, 0.2) is 0 Å². The van der Waals surface area contributed by atoms with Gasteiger partial charge in [0, 0.05) is 19.5 Å². The second-order valence-corrected chi connectivity index (χ2v) is 5.67. The first kappa shape index (κ1) is 24.1. The zero-order valence-electron chi connectivity index (χ0n) is 16.4. The standard InChI is InChI=1S/C18H19NO11/c1-8(20)29-13(14(16(23)24)30-9(2)21)15(22)19-12-6-10(17(25)27-3)5-11(7-12)18(26)28-4/h5-7,13-14H,1-4H3,(H,19,22)(H,23,24)/t13-,14-/m0/s1. The van der Waals surface area contributed by atoms with E-state index in [4.69, 9.17) is 4.74 Å². The summed E-state index contributed by atoms with van der Waals surface area (Å²) < 4.78 is 18.4. The molecule has 0 aliphatic heterocycles. The normalized spacial score (nSPS) is 12.0. The first-order valence-electron chi connectivity index (χ1n) is 8.20. The van der Waals surface area contributed by atoms with Crippen molar-refractivity contribution in [2.75, 3.05) is 19.5 Å². The number of aliphatic carboxylic acids is 1. The average Bonchev–Trinajstić information content (AvgIpc) is 2.68. The van der Waals surface area contributed by atoms with Crippen LogP contribution in [-0.2, 0) is 38.1 Å². The third-order valence-corrected chi connectivity index (χ3v) is 3.41. The third-order valence-electron chi connectivity index (χ3n) is 3.41. The third kappa shape index (κ3) is 6.58. The van der Waals surface area contributed by atoms with Crippen LogP contribution in [0.3, 0.4) is 0 Å². The molecule has 0 bridgehead atoms. The van der Waals surface area contributed by atoms with E-state index in [9.17, 15) is 33.9 Å². The predicted octanol–water partition coefficient (Wildman–Crippen LogP) is 0.146. The van der Waals surface area contributed by atoms with E-state index in [1.54, 1.807) is 0 Å². The Morgan fingerprint density at radius 3 is 1.60 bits per heavy atom. The number of hydrogen-bond acceptors (Lipinski definition) is 10. The number of amides is 1. The largest absolute Gasteiger partial charge is 0.478 e. The van der Waals surface area contributed by atoms with Crippen LogP contribution in [0.2, 0.25) is 0 Å². The van der Waals surface area contributed by atoms with Crippen LogP contribution in [0.5, 0.6) is 0 Å². The van der Waals surface area contributed by atoms with Crippen molar-refractivity contribution in [1.82, 2.24) is 0 Å². The number of carboxylic acid groups (broad SMARTS) is 1. The fourth-order valence-corrected chi connectivity index (χ4v) is 2.24. The lowest BCUT2D eigenvalue weighted by atomic mass is 10.1. The Hall–Kier alpha value is -3.96. The highest BCUT2D eigenvalue weighted by atomic mass is 16.6. The number of carbonyl (C=O) groups excluding carboxylic acids is 5. The van der Waals surface area contributed by atoms with Crippen LogP contribution in [0.15, 0.2) is 18.2 Å². The topological polar surface area (TPSA) is 172 Å². The van der Waals surface area contributed by atoms with E-state index in [2.05, 4.69) is 19.5 Å². The SMILES string of the molecule is COC(=O)c1cc(NC(=O)[C@@H](OC(C)=O)[C@H](OC(C)=O)C(=O)O)cc(C(=O)OC)c1. The van der Waals surface area contributed by atoms with E-state index in [0.717, 1.165) is 46.3 Å². The van der Waals surface area contributed by atoms with Crippen molar-refractivity contribution < 1.29 is 52.8 Å². The highest BCUT2D eigenvalue weighted by Crippen LogP contribution is 2.19. The number of hydrogen-bond donors (Lipinski definition) is 2. The van der Waals surface area contributed by atoms with Gasteiger partial charge in [-0.2, -0.15) is 0 Å². The number of carboxylic acids is 1. The molecule has 2 N–H and O–H groups in total. The first-order chi connectivity index (χ1) is 14.0. The van der Waals surface area contributed by atoms with Crippen LogP contribution in [0, 0.1) is 0 Å². The summed E-state index contributed by atoms with van der Waals surface area (Å²) in [7, 11) is 2.19. The van der Waals surface area contributed by atoms with Gasteiger partial charge in [0.05, 0.1) is 25.3 Å². The summed E-state index contributed by atoms with van der Waals surface area (Å²) in [6.45, 7) is 1.82. The molecule has 0 spiro atoms. The molecule has 0 aliphatic carbocycles. The van der Waals surface area contributed by atoms with Gasteiger partial charge in [-0.3, -0.25) is 14.4 Å². The second kappa shape index (κ2) is 10.5. The van der Waals surface area contributed by atoms with E-state index in [1.807, 2.05) is 0 Å². The number of ether oxygens (including phenoxy) is 4. The van der Waals surface area contributed by atoms with Gasteiger partial charge in [0.1, 0.15) is 0 Å². The minimum atomic E-state index is -2.14.